The fourth-order valence-electron chi connectivity index (χ4n) is 8.80. The molecule has 2 bridgehead atoms. The number of aliphatic hydroxyl groups is 1. The second-order valence-electron chi connectivity index (χ2n) is 14.0. The lowest BCUT2D eigenvalue weighted by Crippen LogP contribution is -2.57. The number of hydrogen-bond donors (Lipinski definition) is 3. The predicted molar refractivity (Wildman–Crippen MR) is 182 cm³/mol. The largest absolute Gasteiger partial charge is 0.461 e. The molecule has 50 heavy (non-hydrogen) atoms. The molecule has 0 saturated carbocycles. The van der Waals surface area contributed by atoms with Gasteiger partial charge in [0.15, 0.2) is 5.82 Å². The number of aromatic nitrogens is 2. The smallest absolute Gasteiger partial charge is 0.319 e. The monoisotopic (exact) mass is 724 g/mol. The number of fused-ring (bicyclic) bond motifs is 5. The maximum absolute atomic E-state index is 17.1. The summed E-state index contributed by atoms with van der Waals surface area (Å²) in [5.74, 6) is -1.16. The third kappa shape index (κ3) is 4.83. The van der Waals surface area contributed by atoms with Crippen LogP contribution >= 0.6 is 22.9 Å². The van der Waals surface area contributed by atoms with Gasteiger partial charge in [-0.05, 0) is 49.9 Å². The van der Waals surface area contributed by atoms with Gasteiger partial charge in [0.2, 0.25) is 5.91 Å². The number of anilines is 2. The summed E-state index contributed by atoms with van der Waals surface area (Å²) in [6.07, 6.45) is 1.72. The Balaban J connectivity index is 1.16. The van der Waals surface area contributed by atoms with E-state index in [1.54, 1.807) is 6.07 Å². The van der Waals surface area contributed by atoms with Crippen LogP contribution in [-0.2, 0) is 4.79 Å². The molecule has 2 unspecified atom stereocenters. The summed E-state index contributed by atoms with van der Waals surface area (Å²) in [7, 11) is 0. The predicted octanol–water partition coefficient (Wildman–Crippen LogP) is 4.32. The van der Waals surface area contributed by atoms with Crippen molar-refractivity contribution in [3.63, 3.8) is 0 Å². The zero-order chi connectivity index (χ0) is 34.6. The average molecular weight is 725 g/mol. The fourth-order valence-corrected chi connectivity index (χ4v) is 10.0. The van der Waals surface area contributed by atoms with Crippen LogP contribution in [0.15, 0.2) is 18.2 Å². The minimum Gasteiger partial charge on any atom is -0.461 e. The summed E-state index contributed by atoms with van der Waals surface area (Å²) in [4.78, 5) is 28.5. The summed E-state index contributed by atoms with van der Waals surface area (Å²) >= 11 is 7.78. The summed E-state index contributed by atoms with van der Waals surface area (Å²) in [6.45, 7) is 2.04. The lowest BCUT2D eigenvalue weighted by molar-refractivity contribution is -0.134. The number of carbonyl (C=O) groups excluding carboxylic acids is 1. The molecule has 0 aliphatic carbocycles. The van der Waals surface area contributed by atoms with Crippen molar-refractivity contribution in [3.8, 4) is 23.2 Å². The Morgan fingerprint density at radius 3 is 2.72 bits per heavy atom. The number of alkyl halides is 1. The van der Waals surface area contributed by atoms with E-state index in [-0.39, 0.29) is 72.9 Å². The fraction of sp³-hybridized carbons (Fsp3) is 0.471. The zero-order valence-corrected chi connectivity index (χ0v) is 28.2. The van der Waals surface area contributed by atoms with Gasteiger partial charge in [-0.3, -0.25) is 15.0 Å². The van der Waals surface area contributed by atoms with Crippen LogP contribution in [-0.4, -0.2) is 99.6 Å². The van der Waals surface area contributed by atoms with Crippen molar-refractivity contribution < 1.29 is 27.8 Å². The zero-order valence-electron chi connectivity index (χ0n) is 26.6. The molecule has 1 amide bonds. The Hall–Kier alpha value is -3.94. The Kier molecular flexibility index (Phi) is 7.39. The van der Waals surface area contributed by atoms with Gasteiger partial charge in [-0.2, -0.15) is 15.2 Å². The van der Waals surface area contributed by atoms with Crippen molar-refractivity contribution >= 4 is 60.7 Å². The van der Waals surface area contributed by atoms with E-state index >= 15 is 4.39 Å². The molecule has 5 aliphatic heterocycles. The Labute approximate surface area is 293 Å². The molecule has 7 heterocycles. The second-order valence-corrected chi connectivity index (χ2v) is 15.5. The Morgan fingerprint density at radius 1 is 1.24 bits per heavy atom. The number of nitrogens with two attached hydrogens (primary N) is 1. The standard InChI is InChI=1S/C34H32ClF3N8O3S/c35-21-8-19-26(25(38)24(21)18-4-5-22(37)28-23(18)20(10-39)29(40)50-28)42-33(49-14-34-6-1-7-45(34)11-15(36)9-34)43-30(19)44-12-16-2-3-17(13-44)46(16)32(48)27-31(47)41-27/h4-5,8,15-17,27,31,41,47H,1-3,6-7,9,11-14,40H2/t15-,16?,17?,27-,31-,34+/m1/s1. The van der Waals surface area contributed by atoms with E-state index in [4.69, 9.17) is 27.1 Å². The van der Waals surface area contributed by atoms with Crippen LogP contribution in [0.2, 0.25) is 5.02 Å². The van der Waals surface area contributed by atoms with Crippen LogP contribution < -0.4 is 20.7 Å². The molecule has 9 rings (SSSR count). The molecule has 16 heteroatoms. The minimum absolute atomic E-state index is 0.00102. The summed E-state index contributed by atoms with van der Waals surface area (Å²) < 4.78 is 53.0. The first kappa shape index (κ1) is 32.0. The Morgan fingerprint density at radius 2 is 2.00 bits per heavy atom. The van der Waals surface area contributed by atoms with Gasteiger partial charge < -0.3 is 25.4 Å². The molecule has 260 valence electrons. The third-order valence-electron chi connectivity index (χ3n) is 11.1. The van der Waals surface area contributed by atoms with Gasteiger partial charge in [0.05, 0.1) is 20.8 Å². The van der Waals surface area contributed by atoms with Crippen molar-refractivity contribution in [1.82, 2.24) is 25.1 Å². The first-order valence-corrected chi connectivity index (χ1v) is 17.9. The number of carbonyl (C=O) groups is 1. The number of nitrogen functional groups attached to an aromatic ring is 1. The van der Waals surface area contributed by atoms with Gasteiger partial charge in [-0.1, -0.05) is 17.7 Å². The quantitative estimate of drug-likeness (QED) is 0.245. The highest BCUT2D eigenvalue weighted by molar-refractivity contribution is 7.23. The van der Waals surface area contributed by atoms with Crippen LogP contribution in [0, 0.1) is 23.0 Å². The third-order valence-corrected chi connectivity index (χ3v) is 12.5. The van der Waals surface area contributed by atoms with Crippen LogP contribution in [0.5, 0.6) is 6.01 Å². The van der Waals surface area contributed by atoms with E-state index in [0.29, 0.717) is 37.3 Å². The number of rotatable bonds is 6. The van der Waals surface area contributed by atoms with Gasteiger partial charge in [-0.25, -0.2) is 13.2 Å². The van der Waals surface area contributed by atoms with Crippen LogP contribution in [0.1, 0.15) is 37.7 Å². The molecule has 4 aromatic rings. The maximum Gasteiger partial charge on any atom is 0.319 e. The molecule has 5 saturated heterocycles. The van der Waals surface area contributed by atoms with Crippen molar-refractivity contribution in [2.45, 2.75) is 68.2 Å². The highest BCUT2D eigenvalue weighted by Gasteiger charge is 2.51. The number of ether oxygens (including phenoxy) is 1. The number of amides is 1. The lowest BCUT2D eigenvalue weighted by Gasteiger charge is -2.42. The molecule has 5 fully saturated rings. The van der Waals surface area contributed by atoms with Crippen LogP contribution in [0.3, 0.4) is 0 Å². The maximum atomic E-state index is 17.1. The van der Waals surface area contributed by atoms with E-state index in [1.807, 2.05) is 15.9 Å². The number of benzene rings is 2. The van der Waals surface area contributed by atoms with Gasteiger partial charge >= 0.3 is 6.01 Å². The van der Waals surface area contributed by atoms with Crippen molar-refractivity contribution in [2.75, 3.05) is 43.4 Å². The van der Waals surface area contributed by atoms with Gasteiger partial charge in [-0.15, -0.1) is 11.3 Å². The van der Waals surface area contributed by atoms with Crippen molar-refractivity contribution in [1.29, 1.82) is 5.26 Å². The van der Waals surface area contributed by atoms with E-state index < -0.39 is 35.6 Å². The minimum atomic E-state index is -0.965. The molecule has 5 aliphatic rings. The second kappa shape index (κ2) is 11.5. The van der Waals surface area contributed by atoms with E-state index in [9.17, 15) is 23.9 Å². The van der Waals surface area contributed by atoms with E-state index in [2.05, 4.69) is 15.2 Å². The summed E-state index contributed by atoms with van der Waals surface area (Å²) in [5.41, 5.74) is 5.64. The average Bonchev–Trinajstić information content (AvgIpc) is 3.29. The van der Waals surface area contributed by atoms with E-state index in [0.717, 1.165) is 43.6 Å². The number of hydrogen-bond acceptors (Lipinski definition) is 11. The summed E-state index contributed by atoms with van der Waals surface area (Å²) in [6, 6.07) is 5.15. The topological polar surface area (TPSA) is 154 Å². The molecule has 4 N–H and O–H groups in total. The molecule has 0 radical (unpaired) electrons. The molecule has 2 aromatic heterocycles. The first-order chi connectivity index (χ1) is 24.1. The number of nitrogens with one attached hydrogen (secondary N) is 1. The van der Waals surface area contributed by atoms with Crippen LogP contribution in [0.25, 0.3) is 32.1 Å². The highest BCUT2D eigenvalue weighted by Crippen LogP contribution is 2.47. The molecule has 0 spiro atoms. The lowest BCUT2D eigenvalue weighted by atomic mass is 9.95. The molecule has 2 aromatic carbocycles. The number of thiophene rings is 1. The first-order valence-electron chi connectivity index (χ1n) is 16.7. The molecular formula is C34H32ClF3N8O3S. The van der Waals surface area contributed by atoms with Gasteiger partial charge in [0, 0.05) is 54.5 Å². The number of piperazine rings is 1. The van der Waals surface area contributed by atoms with Crippen LogP contribution in [0.4, 0.5) is 24.0 Å². The SMILES string of the molecule is N#Cc1c(N)sc2c(F)ccc(-c3c(Cl)cc4c(N5CC6CCC(C5)N6C(=O)[C@@H]5N[C@@H]5O)nc(OC[C@@]56CCCN5C[C@H](F)C6)nc4c3F)c12. The normalized spacial score (nSPS) is 28.8. The number of nitrogens with zero attached hydrogens (tertiary/aromatic N) is 6. The van der Waals surface area contributed by atoms with E-state index in [1.165, 1.54) is 12.1 Å². The van der Waals surface area contributed by atoms with Crippen molar-refractivity contribution in [3.05, 3.63) is 40.4 Å². The molecule has 6 atom stereocenters. The van der Waals surface area contributed by atoms with Crippen molar-refractivity contribution in [2.24, 2.45) is 0 Å². The molecular weight excluding hydrogens is 693 g/mol. The highest BCUT2D eigenvalue weighted by atomic mass is 35.5. The Bertz CT molecular complexity index is 2130. The van der Waals surface area contributed by atoms with Gasteiger partial charge in [0.25, 0.3) is 0 Å². The number of halogens is 4. The number of nitriles is 1. The van der Waals surface area contributed by atoms with Gasteiger partial charge in [0.1, 0.15) is 53.3 Å². The molecule has 11 nitrogen and oxygen atoms in total. The number of aliphatic hydroxyl groups excluding tert-OH is 1. The summed E-state index contributed by atoms with van der Waals surface area (Å²) in [5, 5.41) is 23.1.